The number of hydrogen-bond donors (Lipinski definition) is 0. The van der Waals surface area contributed by atoms with Gasteiger partial charge < -0.3 is 0 Å². The van der Waals surface area contributed by atoms with Gasteiger partial charge in [-0.3, -0.25) is 0 Å². The molecule has 0 radical (unpaired) electrons. The van der Waals surface area contributed by atoms with Crippen LogP contribution in [0.1, 0.15) is 25.3 Å². The second-order valence-corrected chi connectivity index (χ2v) is 11.3. The molecule has 1 aliphatic carbocycles. The first-order valence-corrected chi connectivity index (χ1v) is 13.9. The summed E-state index contributed by atoms with van der Waals surface area (Å²) in [6.45, 7) is 0. The topological polar surface area (TPSA) is 63.2 Å². The van der Waals surface area contributed by atoms with E-state index < -0.39 is 0 Å². The number of carbonyl (C=O) groups is 2. The Morgan fingerprint density at radius 1 is 0.711 bits per heavy atom. The van der Waals surface area contributed by atoms with Crippen molar-refractivity contribution in [2.45, 2.75) is 0 Å². The summed E-state index contributed by atoms with van der Waals surface area (Å²) >= 11 is -0.149. The number of Topliss-reactive ketones (excluding diaryl/α,β-unsaturated/α-hetero) is 2. The fourth-order valence-electron chi connectivity index (χ4n) is 4.83. The van der Waals surface area contributed by atoms with E-state index in [-0.39, 0.29) is 37.3 Å². The van der Waals surface area contributed by atoms with Crippen molar-refractivity contribution in [1.82, 2.24) is 9.97 Å². The molecule has 1 aliphatic rings. The summed E-state index contributed by atoms with van der Waals surface area (Å²) in [6.07, 6.45) is 3.53. The molecule has 6 aromatic rings. The third-order valence-corrected chi connectivity index (χ3v) is 8.80. The van der Waals surface area contributed by atoms with Gasteiger partial charge in [-0.25, -0.2) is 0 Å². The Labute approximate surface area is 224 Å². The number of aromatic nitrogens is 2. The third kappa shape index (κ3) is 3.79. The molecule has 0 saturated heterocycles. The van der Waals surface area contributed by atoms with Gasteiger partial charge in [0.15, 0.2) is 0 Å². The van der Waals surface area contributed by atoms with Gasteiger partial charge in [0.2, 0.25) is 0 Å². The zero-order valence-electron chi connectivity index (χ0n) is 20.0. The number of carbonyl (C=O) groups excluding carboxylic acids is 2. The van der Waals surface area contributed by atoms with Crippen molar-refractivity contribution in [2.24, 2.45) is 0 Å². The van der Waals surface area contributed by atoms with Gasteiger partial charge in [0.1, 0.15) is 0 Å². The van der Waals surface area contributed by atoms with E-state index in [2.05, 4.69) is 51.3 Å². The molecule has 7 rings (SSSR count). The van der Waals surface area contributed by atoms with E-state index in [0.717, 1.165) is 31.3 Å². The molecule has 0 amide bonds. The Kier molecular flexibility index (Phi) is 5.36. The van der Waals surface area contributed by atoms with E-state index in [9.17, 15) is 9.59 Å². The molecule has 180 valence electrons. The van der Waals surface area contributed by atoms with Crippen LogP contribution in [0.25, 0.3) is 27.8 Å². The van der Waals surface area contributed by atoms with Gasteiger partial charge in [-0.15, -0.1) is 0 Å². The van der Waals surface area contributed by atoms with E-state index in [1.54, 1.807) is 18.3 Å². The second-order valence-electron chi connectivity index (χ2n) is 9.02. The molecular formula is C32H19N3O2Se. The third-order valence-electron chi connectivity index (χ3n) is 6.66. The van der Waals surface area contributed by atoms with Crippen molar-refractivity contribution in [3.8, 4) is 0 Å². The van der Waals surface area contributed by atoms with Crippen LogP contribution in [0, 0.1) is 0 Å². The first kappa shape index (κ1) is 22.5. The zero-order chi connectivity index (χ0) is 25.6. The number of anilines is 3. The van der Waals surface area contributed by atoms with Crippen LogP contribution in [0.5, 0.6) is 0 Å². The molecule has 5 nitrogen and oxygen atoms in total. The summed E-state index contributed by atoms with van der Waals surface area (Å²) < 4.78 is 2.01. The fraction of sp³-hybridized carbons (Fsp3) is 0. The van der Waals surface area contributed by atoms with Crippen LogP contribution in [-0.2, 0) is 0 Å². The second kappa shape index (κ2) is 9.03. The van der Waals surface area contributed by atoms with Crippen LogP contribution in [0.3, 0.4) is 0 Å². The minimum atomic E-state index is -0.308. The zero-order valence-corrected chi connectivity index (χ0v) is 21.7. The molecule has 3 aromatic carbocycles. The number of ketones is 2. The maximum atomic E-state index is 13.2. The number of allylic oxidation sites excluding steroid dienone is 1. The van der Waals surface area contributed by atoms with Crippen molar-refractivity contribution in [3.05, 3.63) is 131 Å². The SMILES string of the molecule is O=C1/C(=C\c2ccc(N(c3ccc4ccccc4c3)c3ccccn3)[se]2)C(=O)c2nc3ccccc3cc21. The van der Waals surface area contributed by atoms with Gasteiger partial charge >= 0.3 is 225 Å². The Morgan fingerprint density at radius 2 is 1.50 bits per heavy atom. The van der Waals surface area contributed by atoms with Gasteiger partial charge in [0, 0.05) is 0 Å². The summed E-state index contributed by atoms with van der Waals surface area (Å²) in [6, 6.07) is 33.9. The molecule has 0 fully saturated rings. The summed E-state index contributed by atoms with van der Waals surface area (Å²) in [4.78, 5) is 37.7. The molecule has 0 saturated carbocycles. The van der Waals surface area contributed by atoms with E-state index in [4.69, 9.17) is 0 Å². The predicted molar refractivity (Wildman–Crippen MR) is 152 cm³/mol. The average molecular weight is 556 g/mol. The fourth-order valence-corrected chi connectivity index (χ4v) is 6.88. The van der Waals surface area contributed by atoms with Gasteiger partial charge in [0.05, 0.1) is 0 Å². The van der Waals surface area contributed by atoms with Crippen LogP contribution < -0.4 is 4.90 Å². The van der Waals surface area contributed by atoms with Crippen molar-refractivity contribution in [3.63, 3.8) is 0 Å². The number of hydrogen-bond acceptors (Lipinski definition) is 5. The molecule has 0 atom stereocenters. The van der Waals surface area contributed by atoms with Gasteiger partial charge in [-0.05, 0) is 0 Å². The molecule has 3 heterocycles. The Morgan fingerprint density at radius 3 is 2.34 bits per heavy atom. The van der Waals surface area contributed by atoms with Crippen LogP contribution in [0.4, 0.5) is 16.1 Å². The average Bonchev–Trinajstić information content (AvgIpc) is 3.51. The number of rotatable bonds is 4. The first-order chi connectivity index (χ1) is 18.7. The van der Waals surface area contributed by atoms with Crippen molar-refractivity contribution >= 4 is 69.9 Å². The maximum absolute atomic E-state index is 13.2. The molecular weight excluding hydrogens is 537 g/mol. The molecule has 0 spiro atoms. The molecule has 0 N–H and O–H groups in total. The van der Waals surface area contributed by atoms with E-state index in [0.29, 0.717) is 11.1 Å². The molecule has 3 aromatic heterocycles. The molecule has 38 heavy (non-hydrogen) atoms. The standard InChI is InChI=1S/C32H19N3O2Se/c36-31-25-18-22-9-3-4-10-27(22)34-30(25)32(37)26(31)19-24-14-15-29(38-24)35(28-11-5-6-16-33-28)23-13-12-20-7-1-2-8-21(20)17-23/h1-19H/b26-19+. The predicted octanol–water partition coefficient (Wildman–Crippen LogP) is 6.77. The van der Waals surface area contributed by atoms with Gasteiger partial charge in [0.25, 0.3) is 0 Å². The number of nitrogens with zero attached hydrogens (tertiary/aromatic N) is 3. The minimum absolute atomic E-state index is 0.149. The number of benzene rings is 3. The Balaban J connectivity index is 1.29. The van der Waals surface area contributed by atoms with E-state index in [1.165, 1.54) is 5.39 Å². The van der Waals surface area contributed by atoms with Gasteiger partial charge in [-0.2, -0.15) is 0 Å². The number of pyridine rings is 2. The van der Waals surface area contributed by atoms with Gasteiger partial charge in [-0.1, -0.05) is 0 Å². The summed E-state index contributed by atoms with van der Waals surface area (Å²) in [5.74, 6) is 0.246. The number of para-hydroxylation sites is 1. The molecule has 0 aliphatic heterocycles. The summed E-state index contributed by atoms with van der Waals surface area (Å²) in [7, 11) is 0. The van der Waals surface area contributed by atoms with Crippen LogP contribution in [0.15, 0.2) is 115 Å². The van der Waals surface area contributed by atoms with Crippen LogP contribution in [-0.4, -0.2) is 36.0 Å². The quantitative estimate of drug-likeness (QED) is 0.136. The molecule has 6 heteroatoms. The Hall–Kier alpha value is -4.64. The molecule has 0 unspecified atom stereocenters. The van der Waals surface area contributed by atoms with Crippen molar-refractivity contribution in [1.29, 1.82) is 0 Å². The first-order valence-electron chi connectivity index (χ1n) is 12.2. The van der Waals surface area contributed by atoms with Crippen LogP contribution in [0.2, 0.25) is 0 Å². The monoisotopic (exact) mass is 557 g/mol. The Bertz CT molecular complexity index is 1870. The van der Waals surface area contributed by atoms with Crippen LogP contribution >= 0.6 is 0 Å². The van der Waals surface area contributed by atoms with E-state index >= 15 is 0 Å². The van der Waals surface area contributed by atoms with E-state index in [1.807, 2.05) is 60.7 Å². The van der Waals surface area contributed by atoms with Crippen molar-refractivity contribution < 1.29 is 9.59 Å². The summed E-state index contributed by atoms with van der Waals surface area (Å²) in [5, 5.41) is 3.17. The normalized spacial score (nSPS) is 13.9. The summed E-state index contributed by atoms with van der Waals surface area (Å²) in [5.41, 5.74) is 2.52. The number of fused-ring (bicyclic) bond motifs is 3. The molecule has 0 bridgehead atoms. The van der Waals surface area contributed by atoms with Crippen molar-refractivity contribution in [2.75, 3.05) is 4.90 Å².